The van der Waals surface area contributed by atoms with E-state index in [2.05, 4.69) is 21.1 Å². The molecule has 1 N–H and O–H groups in total. The molecule has 0 aliphatic carbocycles. The fraction of sp³-hybridized carbons (Fsp3) is 0.0690. The van der Waals surface area contributed by atoms with Gasteiger partial charge in [-0.1, -0.05) is 48.5 Å². The highest BCUT2D eigenvalue weighted by molar-refractivity contribution is 5.89. The van der Waals surface area contributed by atoms with Gasteiger partial charge in [0.25, 0.3) is 0 Å². The summed E-state index contributed by atoms with van der Waals surface area (Å²) in [5.41, 5.74) is 1.39. The number of hydrogen-bond donors (Lipinski definition) is 1. The first kappa shape index (κ1) is 26.1. The zero-order chi connectivity index (χ0) is 28.3. The van der Waals surface area contributed by atoms with Crippen LogP contribution in [0.3, 0.4) is 0 Å². The SMILES string of the molecule is N#Cc1ccc(-c2ccc(COc3ccccc3-c3nccc(-n4ncc(C(=O)O)c4C(F)(F)F)n3)cc2)cc1. The Labute approximate surface area is 225 Å². The van der Waals surface area contributed by atoms with Crippen molar-refractivity contribution in [1.82, 2.24) is 19.7 Å². The number of nitriles is 1. The zero-order valence-corrected chi connectivity index (χ0v) is 20.5. The molecule has 0 spiro atoms. The Morgan fingerprint density at radius 1 is 0.975 bits per heavy atom. The number of hydrogen-bond acceptors (Lipinski definition) is 6. The molecule has 0 bridgehead atoms. The number of aromatic nitrogens is 4. The summed E-state index contributed by atoms with van der Waals surface area (Å²) in [6.07, 6.45) is -3.08. The first-order valence-corrected chi connectivity index (χ1v) is 11.8. The number of aromatic carboxylic acids is 1. The van der Waals surface area contributed by atoms with Crippen molar-refractivity contribution in [3.63, 3.8) is 0 Å². The molecule has 0 atom stereocenters. The molecule has 3 aromatic carbocycles. The predicted octanol–water partition coefficient (Wildman–Crippen LogP) is 6.16. The van der Waals surface area contributed by atoms with Crippen LogP contribution in [0.1, 0.15) is 27.2 Å². The number of carboxylic acid groups (broad SMARTS) is 1. The molecule has 198 valence electrons. The lowest BCUT2D eigenvalue weighted by molar-refractivity contribution is -0.143. The second kappa shape index (κ2) is 10.7. The summed E-state index contributed by atoms with van der Waals surface area (Å²) < 4.78 is 47.5. The van der Waals surface area contributed by atoms with E-state index in [0.717, 1.165) is 16.7 Å². The molecule has 40 heavy (non-hydrogen) atoms. The summed E-state index contributed by atoms with van der Waals surface area (Å²) in [6, 6.07) is 25.0. The summed E-state index contributed by atoms with van der Waals surface area (Å²) in [5, 5.41) is 21.8. The molecule has 5 rings (SSSR count). The third kappa shape index (κ3) is 5.37. The van der Waals surface area contributed by atoms with Crippen LogP contribution < -0.4 is 4.74 Å². The molecule has 2 aromatic heterocycles. The fourth-order valence-corrected chi connectivity index (χ4v) is 4.02. The molecule has 11 heteroatoms. The molecule has 0 fully saturated rings. The van der Waals surface area contributed by atoms with Gasteiger partial charge in [0.1, 0.15) is 17.9 Å². The quantitative estimate of drug-likeness (QED) is 0.262. The average Bonchev–Trinajstić information content (AvgIpc) is 3.44. The minimum absolute atomic E-state index is 0.0739. The van der Waals surface area contributed by atoms with Crippen LogP contribution in [-0.2, 0) is 12.8 Å². The van der Waals surface area contributed by atoms with Crippen LogP contribution in [0.15, 0.2) is 91.3 Å². The van der Waals surface area contributed by atoms with Gasteiger partial charge >= 0.3 is 12.1 Å². The van der Waals surface area contributed by atoms with E-state index in [1.165, 1.54) is 12.3 Å². The Morgan fingerprint density at radius 3 is 2.30 bits per heavy atom. The smallest absolute Gasteiger partial charge is 0.434 e. The molecule has 0 aliphatic rings. The number of nitrogens with zero attached hydrogens (tertiary/aromatic N) is 5. The van der Waals surface area contributed by atoms with Crippen molar-refractivity contribution in [2.24, 2.45) is 0 Å². The van der Waals surface area contributed by atoms with Crippen LogP contribution in [0.25, 0.3) is 28.3 Å². The van der Waals surface area contributed by atoms with Crippen LogP contribution in [0, 0.1) is 11.3 Å². The highest BCUT2D eigenvalue weighted by Gasteiger charge is 2.41. The summed E-state index contributed by atoms with van der Waals surface area (Å²) >= 11 is 0. The van der Waals surface area contributed by atoms with Crippen LogP contribution in [0.4, 0.5) is 13.2 Å². The number of alkyl halides is 3. The second-order valence-electron chi connectivity index (χ2n) is 8.53. The van der Waals surface area contributed by atoms with E-state index >= 15 is 0 Å². The number of rotatable bonds is 7. The Kier molecular flexibility index (Phi) is 6.99. The molecule has 0 saturated carbocycles. The Balaban J connectivity index is 1.39. The monoisotopic (exact) mass is 541 g/mol. The number of benzene rings is 3. The van der Waals surface area contributed by atoms with Crippen LogP contribution in [0.5, 0.6) is 5.75 Å². The van der Waals surface area contributed by atoms with E-state index in [-0.39, 0.29) is 18.2 Å². The predicted molar refractivity (Wildman–Crippen MR) is 137 cm³/mol. The van der Waals surface area contributed by atoms with E-state index in [9.17, 15) is 23.1 Å². The van der Waals surface area contributed by atoms with Crippen molar-refractivity contribution in [1.29, 1.82) is 5.26 Å². The Morgan fingerprint density at radius 2 is 1.65 bits per heavy atom. The van der Waals surface area contributed by atoms with Gasteiger partial charge in [-0.25, -0.2) is 19.4 Å². The molecule has 5 aromatic rings. The lowest BCUT2D eigenvalue weighted by atomic mass is 10.0. The normalized spacial score (nSPS) is 11.2. The fourth-order valence-electron chi connectivity index (χ4n) is 4.02. The summed E-state index contributed by atoms with van der Waals surface area (Å²) in [7, 11) is 0. The van der Waals surface area contributed by atoms with Crippen molar-refractivity contribution < 1.29 is 27.8 Å². The summed E-state index contributed by atoms with van der Waals surface area (Å²) in [5.74, 6) is -1.53. The highest BCUT2D eigenvalue weighted by atomic mass is 19.4. The molecule has 8 nitrogen and oxygen atoms in total. The largest absolute Gasteiger partial charge is 0.488 e. The van der Waals surface area contributed by atoms with E-state index in [1.54, 1.807) is 36.4 Å². The molecule has 0 amide bonds. The van der Waals surface area contributed by atoms with Crippen LogP contribution >= 0.6 is 0 Å². The third-order valence-electron chi connectivity index (χ3n) is 5.95. The van der Waals surface area contributed by atoms with E-state index in [0.29, 0.717) is 27.8 Å². The minimum Gasteiger partial charge on any atom is -0.488 e. The minimum atomic E-state index is -4.98. The topological polar surface area (TPSA) is 114 Å². The molecule has 2 heterocycles. The van der Waals surface area contributed by atoms with Gasteiger partial charge in [-0.2, -0.15) is 23.5 Å². The molecule has 0 radical (unpaired) electrons. The van der Waals surface area contributed by atoms with Gasteiger partial charge in [0.05, 0.1) is 23.4 Å². The maximum atomic E-state index is 13.7. The van der Waals surface area contributed by atoms with Crippen molar-refractivity contribution in [3.05, 3.63) is 114 Å². The Bertz CT molecular complexity index is 1720. The molecular weight excluding hydrogens is 523 g/mol. The van der Waals surface area contributed by atoms with Crippen molar-refractivity contribution in [3.8, 4) is 40.2 Å². The van der Waals surface area contributed by atoms with Crippen molar-refractivity contribution in [2.75, 3.05) is 0 Å². The van der Waals surface area contributed by atoms with E-state index < -0.39 is 23.4 Å². The van der Waals surface area contributed by atoms with Crippen molar-refractivity contribution >= 4 is 5.97 Å². The lowest BCUT2D eigenvalue weighted by Gasteiger charge is -2.13. The third-order valence-corrected chi connectivity index (χ3v) is 5.95. The molecule has 0 unspecified atom stereocenters. The molecular formula is C29H18F3N5O3. The first-order chi connectivity index (χ1) is 19.2. The summed E-state index contributed by atoms with van der Waals surface area (Å²) in [4.78, 5) is 19.8. The van der Waals surface area contributed by atoms with Crippen molar-refractivity contribution in [2.45, 2.75) is 12.8 Å². The van der Waals surface area contributed by atoms with Gasteiger partial charge in [-0.05, 0) is 41.0 Å². The maximum Gasteiger partial charge on any atom is 0.434 e. The number of halogens is 3. The summed E-state index contributed by atoms with van der Waals surface area (Å²) in [6.45, 7) is 0.198. The lowest BCUT2D eigenvalue weighted by Crippen LogP contribution is -2.18. The molecule has 0 saturated heterocycles. The number of carboxylic acids is 1. The van der Waals surface area contributed by atoms with E-state index in [1.807, 2.05) is 36.4 Å². The Hall–Kier alpha value is -5.50. The van der Waals surface area contributed by atoms with Gasteiger partial charge in [0.15, 0.2) is 17.3 Å². The van der Waals surface area contributed by atoms with Gasteiger partial charge in [-0.15, -0.1) is 0 Å². The van der Waals surface area contributed by atoms with E-state index in [4.69, 9.17) is 10.00 Å². The van der Waals surface area contributed by atoms with Crippen LogP contribution in [-0.4, -0.2) is 30.8 Å². The maximum absolute atomic E-state index is 13.7. The number of carbonyl (C=O) groups is 1. The second-order valence-corrected chi connectivity index (χ2v) is 8.53. The number of para-hydroxylation sites is 1. The van der Waals surface area contributed by atoms with Crippen LogP contribution in [0.2, 0.25) is 0 Å². The van der Waals surface area contributed by atoms with Gasteiger partial charge in [0, 0.05) is 12.3 Å². The van der Waals surface area contributed by atoms with Gasteiger partial charge in [0.2, 0.25) is 0 Å². The number of ether oxygens (including phenoxy) is 1. The first-order valence-electron chi connectivity index (χ1n) is 11.8. The average molecular weight is 541 g/mol. The van der Waals surface area contributed by atoms with Gasteiger partial charge < -0.3 is 9.84 Å². The van der Waals surface area contributed by atoms with Gasteiger partial charge in [-0.3, -0.25) is 0 Å². The standard InChI is InChI=1S/C29H18F3N5O3/c30-29(31,32)26-23(28(38)39)16-35-37(26)25-13-14-34-27(36-25)22-3-1-2-4-24(22)40-17-19-7-11-21(12-8-19)20-9-5-18(15-33)6-10-20/h1-14,16H,17H2,(H,38,39). The molecule has 0 aliphatic heterocycles. The zero-order valence-electron chi connectivity index (χ0n) is 20.5. The highest BCUT2D eigenvalue weighted by Crippen LogP contribution is 2.34.